The molecule has 1 unspecified atom stereocenters. The molecule has 0 radical (unpaired) electrons. The summed E-state index contributed by atoms with van der Waals surface area (Å²) in [5.74, 6) is -0.404. The van der Waals surface area contributed by atoms with Gasteiger partial charge in [0.2, 0.25) is 0 Å². The van der Waals surface area contributed by atoms with E-state index in [0.717, 1.165) is 51.2 Å². The van der Waals surface area contributed by atoms with Crippen molar-refractivity contribution in [2.75, 3.05) is 31.6 Å². The Balaban J connectivity index is 1.60. The lowest BCUT2D eigenvalue weighted by Crippen LogP contribution is -2.47. The van der Waals surface area contributed by atoms with Gasteiger partial charge in [0, 0.05) is 38.0 Å². The molecule has 29 heavy (non-hydrogen) atoms. The van der Waals surface area contributed by atoms with Gasteiger partial charge in [-0.1, -0.05) is 49.4 Å². The smallest absolute Gasteiger partial charge is 0.250 e. The Morgan fingerprint density at radius 3 is 2.45 bits per heavy atom. The molecule has 3 rings (SSSR count). The number of primary amides is 1. The molecule has 1 aliphatic rings. The number of benzene rings is 2. The zero-order valence-corrected chi connectivity index (χ0v) is 17.6. The summed E-state index contributed by atoms with van der Waals surface area (Å²) < 4.78 is 6.40. The summed E-state index contributed by atoms with van der Waals surface area (Å²) in [5, 5.41) is 3.45. The van der Waals surface area contributed by atoms with Crippen molar-refractivity contribution in [3.05, 3.63) is 65.7 Å². The van der Waals surface area contributed by atoms with Crippen LogP contribution < -0.4 is 11.1 Å². The van der Waals surface area contributed by atoms with Crippen LogP contribution in [0.4, 0.5) is 5.69 Å². The summed E-state index contributed by atoms with van der Waals surface area (Å²) in [6.45, 7) is 7.97. The third-order valence-corrected chi connectivity index (χ3v) is 5.67. The number of piperidine rings is 1. The Labute approximate surface area is 174 Å². The SMILES string of the molecule is CCCOC1(c2ccccc2)CCN(CC(C)Nc2ccccc2C(N)=O)CC1. The normalized spacial score (nSPS) is 17.6. The maximum Gasteiger partial charge on any atom is 0.250 e. The summed E-state index contributed by atoms with van der Waals surface area (Å²) >= 11 is 0. The van der Waals surface area contributed by atoms with E-state index in [1.165, 1.54) is 5.56 Å². The topological polar surface area (TPSA) is 67.6 Å². The molecule has 3 N–H and O–H groups in total. The van der Waals surface area contributed by atoms with E-state index < -0.39 is 5.91 Å². The molecule has 5 nitrogen and oxygen atoms in total. The predicted molar refractivity (Wildman–Crippen MR) is 118 cm³/mol. The van der Waals surface area contributed by atoms with Crippen molar-refractivity contribution < 1.29 is 9.53 Å². The second-order valence-corrected chi connectivity index (χ2v) is 7.96. The van der Waals surface area contributed by atoms with Crippen LogP contribution >= 0.6 is 0 Å². The average Bonchev–Trinajstić information content (AvgIpc) is 2.74. The molecule has 5 heteroatoms. The van der Waals surface area contributed by atoms with Crippen LogP contribution in [0.1, 0.15) is 49.0 Å². The minimum absolute atomic E-state index is 0.178. The third-order valence-electron chi connectivity index (χ3n) is 5.67. The van der Waals surface area contributed by atoms with Crippen LogP contribution in [0.25, 0.3) is 0 Å². The standard InChI is InChI=1S/C24H33N3O2/c1-3-17-29-24(20-9-5-4-6-10-20)13-15-27(16-14-24)18-19(2)26-22-12-8-7-11-21(22)23(25)28/h4-12,19,26H,3,13-18H2,1-2H3,(H2,25,28). The van der Waals surface area contributed by atoms with Crippen LogP contribution in [-0.2, 0) is 10.3 Å². The Morgan fingerprint density at radius 2 is 1.79 bits per heavy atom. The molecule has 0 spiro atoms. The molecule has 0 aromatic heterocycles. The van der Waals surface area contributed by atoms with Gasteiger partial charge in [-0.15, -0.1) is 0 Å². The summed E-state index contributed by atoms with van der Waals surface area (Å²) in [4.78, 5) is 14.1. The first-order chi connectivity index (χ1) is 14.0. The lowest BCUT2D eigenvalue weighted by molar-refractivity contribution is -0.0899. The van der Waals surface area contributed by atoms with Crippen molar-refractivity contribution >= 4 is 11.6 Å². The summed E-state index contributed by atoms with van der Waals surface area (Å²) in [7, 11) is 0. The highest BCUT2D eigenvalue weighted by molar-refractivity contribution is 5.98. The van der Waals surface area contributed by atoms with Crippen LogP contribution in [0, 0.1) is 0 Å². The average molecular weight is 396 g/mol. The minimum atomic E-state index is -0.404. The van der Waals surface area contributed by atoms with Crippen LogP contribution in [-0.4, -0.2) is 43.1 Å². The minimum Gasteiger partial charge on any atom is -0.381 e. The number of nitrogens with two attached hydrogens (primary N) is 1. The molecule has 0 saturated carbocycles. The summed E-state index contributed by atoms with van der Waals surface area (Å²) in [6, 6.07) is 18.3. The number of nitrogens with zero attached hydrogens (tertiary/aromatic N) is 1. The van der Waals surface area contributed by atoms with Gasteiger partial charge in [-0.05, 0) is 43.9 Å². The van der Waals surface area contributed by atoms with Gasteiger partial charge in [-0.2, -0.15) is 0 Å². The number of likely N-dealkylation sites (tertiary alicyclic amines) is 1. The molecule has 2 aromatic rings. The number of ether oxygens (including phenoxy) is 1. The summed E-state index contributed by atoms with van der Waals surface area (Å²) in [6.07, 6.45) is 3.00. The first-order valence-corrected chi connectivity index (χ1v) is 10.6. The molecule has 2 aromatic carbocycles. The Kier molecular flexibility index (Phi) is 7.29. The molecule has 0 aliphatic carbocycles. The van der Waals surface area contributed by atoms with Crippen molar-refractivity contribution in [1.82, 2.24) is 4.90 Å². The van der Waals surface area contributed by atoms with Gasteiger partial charge in [0.05, 0.1) is 11.2 Å². The summed E-state index contributed by atoms with van der Waals surface area (Å²) in [5.41, 5.74) is 7.94. The first-order valence-electron chi connectivity index (χ1n) is 10.6. The molecule has 156 valence electrons. The van der Waals surface area contributed by atoms with Crippen molar-refractivity contribution in [1.29, 1.82) is 0 Å². The first kappa shape index (κ1) is 21.3. The molecular weight excluding hydrogens is 362 g/mol. The number of rotatable bonds is 9. The number of amides is 1. The fraction of sp³-hybridized carbons (Fsp3) is 0.458. The van der Waals surface area contributed by atoms with E-state index in [-0.39, 0.29) is 11.6 Å². The molecular formula is C24H33N3O2. The third kappa shape index (κ3) is 5.37. The van der Waals surface area contributed by atoms with Crippen LogP contribution in [0.2, 0.25) is 0 Å². The number of hydrogen-bond acceptors (Lipinski definition) is 4. The second kappa shape index (κ2) is 9.90. The lowest BCUT2D eigenvalue weighted by atomic mass is 9.84. The highest BCUT2D eigenvalue weighted by atomic mass is 16.5. The number of carbonyl (C=O) groups is 1. The van der Waals surface area contributed by atoms with Gasteiger partial charge in [0.15, 0.2) is 0 Å². The largest absolute Gasteiger partial charge is 0.381 e. The van der Waals surface area contributed by atoms with Crippen molar-refractivity contribution in [3.63, 3.8) is 0 Å². The molecule has 1 heterocycles. The van der Waals surface area contributed by atoms with E-state index in [1.54, 1.807) is 6.07 Å². The number of nitrogens with one attached hydrogen (secondary N) is 1. The maximum atomic E-state index is 11.6. The van der Waals surface area contributed by atoms with E-state index in [0.29, 0.717) is 5.56 Å². The molecule has 1 fully saturated rings. The molecule has 1 amide bonds. The fourth-order valence-electron chi connectivity index (χ4n) is 4.17. The van der Waals surface area contributed by atoms with E-state index in [4.69, 9.17) is 10.5 Å². The van der Waals surface area contributed by atoms with E-state index in [2.05, 4.69) is 54.4 Å². The Hall–Kier alpha value is -2.37. The molecule has 1 aliphatic heterocycles. The Morgan fingerprint density at radius 1 is 1.14 bits per heavy atom. The quantitative estimate of drug-likeness (QED) is 0.673. The molecule has 1 atom stereocenters. The Bertz CT molecular complexity index is 786. The van der Waals surface area contributed by atoms with Crippen molar-refractivity contribution in [3.8, 4) is 0 Å². The van der Waals surface area contributed by atoms with Crippen molar-refractivity contribution in [2.24, 2.45) is 5.73 Å². The van der Waals surface area contributed by atoms with Crippen LogP contribution in [0.3, 0.4) is 0 Å². The number of hydrogen-bond donors (Lipinski definition) is 2. The lowest BCUT2D eigenvalue weighted by Gasteiger charge is -2.43. The number of anilines is 1. The number of para-hydroxylation sites is 1. The molecule has 1 saturated heterocycles. The van der Waals surface area contributed by atoms with Gasteiger partial charge in [-0.25, -0.2) is 0 Å². The van der Waals surface area contributed by atoms with Gasteiger partial charge in [-0.3, -0.25) is 4.79 Å². The zero-order chi connectivity index (χ0) is 20.7. The van der Waals surface area contributed by atoms with Gasteiger partial charge in [0.1, 0.15) is 0 Å². The van der Waals surface area contributed by atoms with E-state index >= 15 is 0 Å². The van der Waals surface area contributed by atoms with Gasteiger partial charge < -0.3 is 20.7 Å². The second-order valence-electron chi connectivity index (χ2n) is 7.96. The van der Waals surface area contributed by atoms with Crippen LogP contribution in [0.5, 0.6) is 0 Å². The monoisotopic (exact) mass is 395 g/mol. The molecule has 0 bridgehead atoms. The van der Waals surface area contributed by atoms with E-state index in [1.807, 2.05) is 18.2 Å². The van der Waals surface area contributed by atoms with Crippen LogP contribution in [0.15, 0.2) is 54.6 Å². The van der Waals surface area contributed by atoms with E-state index in [9.17, 15) is 4.79 Å². The fourth-order valence-corrected chi connectivity index (χ4v) is 4.17. The highest BCUT2D eigenvalue weighted by Crippen LogP contribution is 2.37. The highest BCUT2D eigenvalue weighted by Gasteiger charge is 2.37. The maximum absolute atomic E-state index is 11.6. The zero-order valence-electron chi connectivity index (χ0n) is 17.6. The van der Waals surface area contributed by atoms with Gasteiger partial charge in [0.25, 0.3) is 5.91 Å². The van der Waals surface area contributed by atoms with Crippen molar-refractivity contribution in [2.45, 2.75) is 44.8 Å². The number of carbonyl (C=O) groups excluding carboxylic acids is 1. The van der Waals surface area contributed by atoms with Gasteiger partial charge >= 0.3 is 0 Å². The predicted octanol–water partition coefficient (Wildman–Crippen LogP) is 4.00.